The van der Waals surface area contributed by atoms with Crippen LogP contribution in [0.2, 0.25) is 0 Å². The smallest absolute Gasteiger partial charge is 0.438 e. The Morgan fingerprint density at radius 1 is 1.57 bits per heavy atom. The van der Waals surface area contributed by atoms with Crippen molar-refractivity contribution in [1.82, 2.24) is 5.01 Å². The molecule has 0 unspecified atom stereocenters. The van der Waals surface area contributed by atoms with E-state index >= 15 is 0 Å². The van der Waals surface area contributed by atoms with Crippen LogP contribution in [0.3, 0.4) is 0 Å². The van der Waals surface area contributed by atoms with Gasteiger partial charge in [0.05, 0.1) is 6.26 Å². The minimum atomic E-state index is -5.02. The number of halogens is 3. The van der Waals surface area contributed by atoms with E-state index in [4.69, 9.17) is 4.42 Å². The Bertz CT molecular complexity index is 552. The highest BCUT2D eigenvalue weighted by Gasteiger charge is 2.63. The van der Waals surface area contributed by atoms with Gasteiger partial charge in [0, 0.05) is 12.1 Å². The van der Waals surface area contributed by atoms with Crippen molar-refractivity contribution in [1.29, 1.82) is 0 Å². The molecule has 8 heteroatoms. The lowest BCUT2D eigenvalue weighted by atomic mass is 9.99. The number of furan rings is 1. The second kappa shape index (κ2) is 5.18. The van der Waals surface area contributed by atoms with Crippen molar-refractivity contribution < 1.29 is 27.5 Å². The summed E-state index contributed by atoms with van der Waals surface area (Å²) in [6.07, 6.45) is -4.34. The Kier molecular flexibility index (Phi) is 3.83. The third-order valence-corrected chi connectivity index (χ3v) is 3.06. The number of carbonyl (C=O) groups is 1. The third-order valence-electron chi connectivity index (χ3n) is 3.06. The van der Waals surface area contributed by atoms with Gasteiger partial charge in [0.2, 0.25) is 0 Å². The molecule has 1 atom stereocenters. The van der Waals surface area contributed by atoms with Gasteiger partial charge in [-0.3, -0.25) is 4.79 Å². The molecule has 1 aliphatic heterocycles. The molecule has 0 radical (unpaired) electrons. The molecule has 0 saturated carbocycles. The van der Waals surface area contributed by atoms with Gasteiger partial charge >= 0.3 is 12.1 Å². The molecule has 0 aliphatic carbocycles. The summed E-state index contributed by atoms with van der Waals surface area (Å²) in [7, 11) is 0. The molecule has 2 rings (SSSR count). The highest BCUT2D eigenvalue weighted by Crippen LogP contribution is 2.41. The highest BCUT2D eigenvalue weighted by atomic mass is 19.4. The maximum Gasteiger partial charge on any atom is 0.438 e. The number of carbonyl (C=O) groups excluding carboxylic acids is 1. The first-order valence-electron chi connectivity index (χ1n) is 6.38. The Hall–Kier alpha value is -1.83. The molecule has 1 aromatic rings. The van der Waals surface area contributed by atoms with Gasteiger partial charge in [-0.1, -0.05) is 13.8 Å². The molecule has 0 fully saturated rings. The van der Waals surface area contributed by atoms with Gasteiger partial charge in [-0.2, -0.15) is 23.3 Å². The predicted molar refractivity (Wildman–Crippen MR) is 67.4 cm³/mol. The molecular weight excluding hydrogens is 289 g/mol. The molecule has 0 bridgehead atoms. The SMILES string of the molecule is CC(C)CC1=NN(C(=O)c2ccco2)[C@@](O)(C(F)(F)F)C1. The van der Waals surface area contributed by atoms with Crippen LogP contribution in [0.1, 0.15) is 37.2 Å². The molecule has 1 N–H and O–H groups in total. The monoisotopic (exact) mass is 304 g/mol. The van der Waals surface area contributed by atoms with E-state index in [1.165, 1.54) is 12.1 Å². The Balaban J connectivity index is 2.36. The van der Waals surface area contributed by atoms with Gasteiger partial charge in [-0.25, -0.2) is 0 Å². The van der Waals surface area contributed by atoms with Crippen molar-refractivity contribution in [3.05, 3.63) is 24.2 Å². The number of aliphatic hydroxyl groups is 1. The summed E-state index contributed by atoms with van der Waals surface area (Å²) in [5, 5.41) is 13.7. The molecule has 0 spiro atoms. The number of hydrogen-bond acceptors (Lipinski definition) is 4. The highest BCUT2D eigenvalue weighted by molar-refractivity contribution is 5.96. The summed E-state index contributed by atoms with van der Waals surface area (Å²) in [4.78, 5) is 12.1. The van der Waals surface area contributed by atoms with Gasteiger partial charge in [0.25, 0.3) is 5.72 Å². The van der Waals surface area contributed by atoms with Crippen LogP contribution in [0.5, 0.6) is 0 Å². The molecule has 116 valence electrons. The van der Waals surface area contributed by atoms with Crippen LogP contribution < -0.4 is 0 Å². The lowest BCUT2D eigenvalue weighted by Crippen LogP contribution is -2.56. The number of nitrogens with zero attached hydrogens (tertiary/aromatic N) is 2. The van der Waals surface area contributed by atoms with Crippen LogP contribution in [0, 0.1) is 5.92 Å². The van der Waals surface area contributed by atoms with Crippen molar-refractivity contribution in [2.75, 3.05) is 0 Å². The van der Waals surface area contributed by atoms with E-state index in [-0.39, 0.29) is 28.8 Å². The van der Waals surface area contributed by atoms with E-state index in [2.05, 4.69) is 5.10 Å². The van der Waals surface area contributed by atoms with E-state index in [0.717, 1.165) is 6.26 Å². The van der Waals surface area contributed by atoms with Crippen LogP contribution in [0.15, 0.2) is 27.9 Å². The maximum absolute atomic E-state index is 13.2. The van der Waals surface area contributed by atoms with E-state index < -0.39 is 24.2 Å². The normalized spacial score (nSPS) is 22.8. The lowest BCUT2D eigenvalue weighted by Gasteiger charge is -2.32. The van der Waals surface area contributed by atoms with Crippen molar-refractivity contribution in [3.63, 3.8) is 0 Å². The molecule has 0 aromatic carbocycles. The number of alkyl halides is 3. The number of hydrogen-bond donors (Lipinski definition) is 1. The third kappa shape index (κ3) is 2.80. The fraction of sp³-hybridized carbons (Fsp3) is 0.538. The number of amides is 1. The molecule has 1 aliphatic rings. The second-order valence-corrected chi connectivity index (χ2v) is 5.35. The first kappa shape index (κ1) is 15.6. The van der Waals surface area contributed by atoms with Gasteiger partial charge < -0.3 is 9.52 Å². The summed E-state index contributed by atoms with van der Waals surface area (Å²) in [6.45, 7) is 3.62. The van der Waals surface area contributed by atoms with Crippen LogP contribution in [-0.4, -0.2) is 33.6 Å². The molecule has 1 amide bonds. The first-order valence-corrected chi connectivity index (χ1v) is 6.38. The summed E-state index contributed by atoms with van der Waals surface area (Å²) in [6, 6.07) is 2.59. The van der Waals surface area contributed by atoms with E-state index in [0.29, 0.717) is 0 Å². The number of hydrazone groups is 1. The van der Waals surface area contributed by atoms with E-state index in [1.54, 1.807) is 0 Å². The number of rotatable bonds is 3. The topological polar surface area (TPSA) is 66.0 Å². The zero-order chi connectivity index (χ0) is 15.8. The van der Waals surface area contributed by atoms with E-state index in [9.17, 15) is 23.1 Å². The Morgan fingerprint density at radius 2 is 2.24 bits per heavy atom. The molecule has 21 heavy (non-hydrogen) atoms. The van der Waals surface area contributed by atoms with Crippen LogP contribution >= 0.6 is 0 Å². The zero-order valence-electron chi connectivity index (χ0n) is 11.5. The summed E-state index contributed by atoms with van der Waals surface area (Å²) >= 11 is 0. The molecule has 1 aromatic heterocycles. The second-order valence-electron chi connectivity index (χ2n) is 5.35. The molecular formula is C13H15F3N2O3. The van der Waals surface area contributed by atoms with Gasteiger partial charge in [0.1, 0.15) is 0 Å². The van der Waals surface area contributed by atoms with Crippen LogP contribution in [0.4, 0.5) is 13.2 Å². The van der Waals surface area contributed by atoms with Crippen molar-refractivity contribution >= 4 is 11.6 Å². The van der Waals surface area contributed by atoms with E-state index in [1.807, 2.05) is 13.8 Å². The largest absolute Gasteiger partial charge is 0.459 e. The summed E-state index contributed by atoms with van der Waals surface area (Å²) in [5.74, 6) is -1.38. The Labute approximate surface area is 119 Å². The minimum Gasteiger partial charge on any atom is -0.459 e. The fourth-order valence-corrected chi connectivity index (χ4v) is 2.14. The first-order chi connectivity index (χ1) is 9.65. The summed E-state index contributed by atoms with van der Waals surface area (Å²) in [5.41, 5.74) is -3.20. The molecule has 0 saturated heterocycles. The van der Waals surface area contributed by atoms with Gasteiger partial charge in [-0.05, 0) is 24.5 Å². The van der Waals surface area contributed by atoms with Crippen LogP contribution in [-0.2, 0) is 0 Å². The maximum atomic E-state index is 13.2. The van der Waals surface area contributed by atoms with Crippen molar-refractivity contribution in [2.24, 2.45) is 11.0 Å². The van der Waals surface area contributed by atoms with Crippen molar-refractivity contribution in [2.45, 2.75) is 38.6 Å². The standard InChI is InChI=1S/C13H15F3N2O3/c1-8(2)6-9-7-12(20,13(14,15)16)18(17-9)11(19)10-4-3-5-21-10/h3-5,8,20H,6-7H2,1-2H3/t12-/m0/s1. The molecule has 5 nitrogen and oxygen atoms in total. The van der Waals surface area contributed by atoms with Gasteiger partial charge in [0.15, 0.2) is 5.76 Å². The predicted octanol–water partition coefficient (Wildman–Crippen LogP) is 2.78. The quantitative estimate of drug-likeness (QED) is 0.933. The average molecular weight is 304 g/mol. The minimum absolute atomic E-state index is 0.0555. The van der Waals surface area contributed by atoms with Crippen molar-refractivity contribution in [3.8, 4) is 0 Å². The fourth-order valence-electron chi connectivity index (χ4n) is 2.14. The lowest BCUT2D eigenvalue weighted by molar-refractivity contribution is -0.297. The van der Waals surface area contributed by atoms with Crippen LogP contribution in [0.25, 0.3) is 0 Å². The molecule has 2 heterocycles. The van der Waals surface area contributed by atoms with Gasteiger partial charge in [-0.15, -0.1) is 0 Å². The Morgan fingerprint density at radius 3 is 2.71 bits per heavy atom. The average Bonchev–Trinajstić information content (AvgIpc) is 2.95. The zero-order valence-corrected chi connectivity index (χ0v) is 11.5. The summed E-state index contributed by atoms with van der Waals surface area (Å²) < 4.78 is 44.3.